The minimum atomic E-state index is -3.88. The quantitative estimate of drug-likeness (QED) is 0.455. The number of carbonyl (C=O) groups is 1. The van der Waals surface area contributed by atoms with E-state index in [9.17, 15) is 17.6 Å². The number of thiophene rings is 1. The van der Waals surface area contributed by atoms with Gasteiger partial charge in [0.1, 0.15) is 21.6 Å². The van der Waals surface area contributed by atoms with E-state index in [1.807, 2.05) is 19.0 Å². The summed E-state index contributed by atoms with van der Waals surface area (Å²) in [4.78, 5) is 21.7. The van der Waals surface area contributed by atoms with Crippen LogP contribution >= 0.6 is 34.3 Å². The van der Waals surface area contributed by atoms with Crippen molar-refractivity contribution < 1.29 is 17.6 Å². The molecule has 3 heterocycles. The third-order valence-corrected chi connectivity index (χ3v) is 10.1. The van der Waals surface area contributed by atoms with E-state index in [1.165, 1.54) is 32.7 Å². The molecule has 0 spiro atoms. The van der Waals surface area contributed by atoms with Crippen LogP contribution in [0.25, 0.3) is 10.2 Å². The molecular formula is C21H24ClFN4O3S3. The Hall–Kier alpha value is -1.63. The van der Waals surface area contributed by atoms with Crippen molar-refractivity contribution in [3.8, 4) is 0 Å². The Morgan fingerprint density at radius 2 is 2.00 bits per heavy atom. The van der Waals surface area contributed by atoms with Gasteiger partial charge in [-0.1, -0.05) is 35.4 Å². The van der Waals surface area contributed by atoms with Crippen molar-refractivity contribution in [1.29, 1.82) is 0 Å². The largest absolute Gasteiger partial charge is 0.308 e. The van der Waals surface area contributed by atoms with Crippen molar-refractivity contribution in [2.24, 2.45) is 0 Å². The molecule has 1 aliphatic rings. The van der Waals surface area contributed by atoms with Crippen molar-refractivity contribution in [2.75, 3.05) is 38.6 Å². The normalized spacial score (nSPS) is 17.7. The first-order valence-corrected chi connectivity index (χ1v) is 13.9. The number of carbonyl (C=O) groups excluding carboxylic acids is 1. The van der Waals surface area contributed by atoms with Gasteiger partial charge in [-0.05, 0) is 51.2 Å². The molecule has 1 amide bonds. The zero-order chi connectivity index (χ0) is 23.8. The summed E-state index contributed by atoms with van der Waals surface area (Å²) in [6, 6.07) is 6.85. The van der Waals surface area contributed by atoms with Crippen LogP contribution in [0.15, 0.2) is 34.5 Å². The smallest absolute Gasteiger partial charge is 0.253 e. The van der Waals surface area contributed by atoms with E-state index in [1.54, 1.807) is 18.2 Å². The summed E-state index contributed by atoms with van der Waals surface area (Å²) in [6.07, 6.45) is 1.82. The number of hydrogen-bond donors (Lipinski definition) is 0. The Bertz CT molecular complexity index is 1260. The summed E-state index contributed by atoms with van der Waals surface area (Å²) in [7, 11) is -0.106. The summed E-state index contributed by atoms with van der Waals surface area (Å²) >= 11 is 8.18. The average Bonchev–Trinajstić information content (AvgIpc) is 3.41. The van der Waals surface area contributed by atoms with Crippen LogP contribution in [0.4, 0.5) is 9.52 Å². The molecule has 0 N–H and O–H groups in total. The predicted molar refractivity (Wildman–Crippen MR) is 131 cm³/mol. The van der Waals surface area contributed by atoms with Gasteiger partial charge in [0.15, 0.2) is 5.13 Å². The molecule has 3 aromatic rings. The average molecular weight is 531 g/mol. The number of hydrogen-bond acceptors (Lipinski definition) is 7. The second-order valence-electron chi connectivity index (χ2n) is 8.06. The first-order chi connectivity index (χ1) is 15.7. The molecule has 2 aromatic heterocycles. The van der Waals surface area contributed by atoms with Crippen LogP contribution in [0.2, 0.25) is 4.34 Å². The van der Waals surface area contributed by atoms with Gasteiger partial charge in [-0.15, -0.1) is 11.3 Å². The first-order valence-electron chi connectivity index (χ1n) is 10.5. The van der Waals surface area contributed by atoms with Gasteiger partial charge >= 0.3 is 0 Å². The Labute approximate surface area is 205 Å². The lowest BCUT2D eigenvalue weighted by atomic mass is 10.0. The summed E-state index contributed by atoms with van der Waals surface area (Å²) in [5.74, 6) is -0.798. The topological polar surface area (TPSA) is 73.8 Å². The zero-order valence-electron chi connectivity index (χ0n) is 18.2. The summed E-state index contributed by atoms with van der Waals surface area (Å²) in [6.45, 7) is 1.11. The number of piperidine rings is 1. The number of amides is 1. The fourth-order valence-corrected chi connectivity index (χ4v) is 8.06. The molecule has 178 valence electrons. The van der Waals surface area contributed by atoms with Crippen molar-refractivity contribution in [2.45, 2.75) is 29.5 Å². The number of thiazole rings is 1. The summed E-state index contributed by atoms with van der Waals surface area (Å²) < 4.78 is 43.4. The van der Waals surface area contributed by atoms with Crippen molar-refractivity contribution in [3.63, 3.8) is 0 Å². The number of aromatic nitrogens is 1. The lowest BCUT2D eigenvalue weighted by Gasteiger charge is -2.36. The number of rotatable bonds is 7. The number of para-hydroxylation sites is 1. The van der Waals surface area contributed by atoms with Gasteiger partial charge < -0.3 is 4.90 Å². The van der Waals surface area contributed by atoms with Crippen LogP contribution in [-0.4, -0.2) is 68.3 Å². The van der Waals surface area contributed by atoms with E-state index in [0.717, 1.165) is 17.8 Å². The second kappa shape index (κ2) is 9.93. The molecule has 1 fully saturated rings. The third kappa shape index (κ3) is 5.08. The fraction of sp³-hybridized carbons (Fsp3) is 0.429. The van der Waals surface area contributed by atoms with Gasteiger partial charge in [-0.25, -0.2) is 17.8 Å². The number of anilines is 1. The molecule has 12 heteroatoms. The number of likely N-dealkylation sites (N-methyl/N-ethyl adjacent to an activating group) is 1. The Balaban J connectivity index is 1.71. The van der Waals surface area contributed by atoms with Gasteiger partial charge in [0.05, 0.1) is 9.04 Å². The molecule has 0 radical (unpaired) electrons. The third-order valence-electron chi connectivity index (χ3n) is 5.48. The minimum absolute atomic E-state index is 0.120. The van der Waals surface area contributed by atoms with Crippen LogP contribution < -0.4 is 4.90 Å². The molecule has 0 saturated carbocycles. The molecular weight excluding hydrogens is 507 g/mol. The molecule has 1 aliphatic heterocycles. The SMILES string of the molecule is CN(C)CCN(C(=O)C1CCCCN1S(=O)(=O)c1ccc(Cl)s1)c1nc2c(F)cccc2s1. The predicted octanol–water partition coefficient (Wildman–Crippen LogP) is 4.29. The highest BCUT2D eigenvalue weighted by atomic mass is 35.5. The van der Waals surface area contributed by atoms with E-state index >= 15 is 0 Å². The van der Waals surface area contributed by atoms with Gasteiger partial charge in [0.2, 0.25) is 5.91 Å². The van der Waals surface area contributed by atoms with Crippen molar-refractivity contribution >= 4 is 65.6 Å². The maximum absolute atomic E-state index is 14.3. The van der Waals surface area contributed by atoms with E-state index in [2.05, 4.69) is 4.98 Å². The van der Waals surface area contributed by atoms with Gasteiger partial charge in [0, 0.05) is 19.6 Å². The number of sulfonamides is 1. The highest BCUT2D eigenvalue weighted by Gasteiger charge is 2.41. The van der Waals surface area contributed by atoms with Gasteiger partial charge in [0.25, 0.3) is 10.0 Å². The van der Waals surface area contributed by atoms with E-state index in [4.69, 9.17) is 11.6 Å². The van der Waals surface area contributed by atoms with Crippen LogP contribution in [0.5, 0.6) is 0 Å². The molecule has 4 rings (SSSR count). The molecule has 1 atom stereocenters. The molecule has 33 heavy (non-hydrogen) atoms. The molecule has 0 aliphatic carbocycles. The van der Waals surface area contributed by atoms with Crippen LogP contribution in [0.3, 0.4) is 0 Å². The number of halogens is 2. The number of benzene rings is 1. The monoisotopic (exact) mass is 530 g/mol. The lowest BCUT2D eigenvalue weighted by molar-refractivity contribution is -0.123. The maximum atomic E-state index is 14.3. The molecule has 7 nitrogen and oxygen atoms in total. The molecule has 1 saturated heterocycles. The first kappa shape index (κ1) is 24.5. The van der Waals surface area contributed by atoms with E-state index < -0.39 is 21.9 Å². The van der Waals surface area contributed by atoms with Crippen molar-refractivity contribution in [1.82, 2.24) is 14.2 Å². The van der Waals surface area contributed by atoms with Crippen LogP contribution in [0.1, 0.15) is 19.3 Å². The standard InChI is InChI=1S/C21H24ClFN4O3S3/c1-25(2)12-13-26(21-24-19-14(23)6-5-8-16(19)31-21)20(28)15-7-3-4-11-27(15)33(29,30)18-10-9-17(22)32-18/h5-6,8-10,15H,3-4,7,11-13H2,1-2H3. The summed E-state index contributed by atoms with van der Waals surface area (Å²) in [5.41, 5.74) is 0.210. The lowest BCUT2D eigenvalue weighted by Crippen LogP contribution is -2.53. The minimum Gasteiger partial charge on any atom is -0.308 e. The molecule has 1 aromatic carbocycles. The summed E-state index contributed by atoms with van der Waals surface area (Å²) in [5, 5.41) is 0.365. The van der Waals surface area contributed by atoms with Crippen molar-refractivity contribution in [3.05, 3.63) is 40.5 Å². The van der Waals surface area contributed by atoms with E-state index in [-0.39, 0.29) is 22.2 Å². The number of nitrogens with zero attached hydrogens (tertiary/aromatic N) is 4. The highest BCUT2D eigenvalue weighted by molar-refractivity contribution is 7.91. The van der Waals surface area contributed by atoms with E-state index in [0.29, 0.717) is 40.1 Å². The van der Waals surface area contributed by atoms with Gasteiger partial charge in [-0.3, -0.25) is 9.69 Å². The molecule has 0 bridgehead atoms. The second-order valence-corrected chi connectivity index (χ2v) is 12.9. The van der Waals surface area contributed by atoms with Gasteiger partial charge in [-0.2, -0.15) is 4.31 Å². The zero-order valence-corrected chi connectivity index (χ0v) is 21.4. The van der Waals surface area contributed by atoms with Crippen LogP contribution in [0, 0.1) is 5.82 Å². The Morgan fingerprint density at radius 3 is 2.67 bits per heavy atom. The Kier molecular flexibility index (Phi) is 7.37. The molecule has 1 unspecified atom stereocenters. The van der Waals surface area contributed by atoms with Crippen LogP contribution in [-0.2, 0) is 14.8 Å². The maximum Gasteiger partial charge on any atom is 0.253 e. The fourth-order valence-electron chi connectivity index (χ4n) is 3.79. The Morgan fingerprint density at radius 1 is 1.21 bits per heavy atom. The number of fused-ring (bicyclic) bond motifs is 1. The highest BCUT2D eigenvalue weighted by Crippen LogP contribution is 2.35.